The van der Waals surface area contributed by atoms with Gasteiger partial charge in [-0.15, -0.1) is 5.10 Å². The van der Waals surface area contributed by atoms with E-state index < -0.39 is 0 Å². The van der Waals surface area contributed by atoms with Crippen LogP contribution in [-0.4, -0.2) is 34.5 Å². The highest BCUT2D eigenvalue weighted by Crippen LogP contribution is 2.10. The second kappa shape index (κ2) is 7.40. The van der Waals surface area contributed by atoms with Crippen LogP contribution in [0.1, 0.15) is 45.7 Å². The molecule has 5 nitrogen and oxygen atoms in total. The number of nitrogens with zero attached hydrogens (tertiary/aromatic N) is 3. The van der Waals surface area contributed by atoms with Gasteiger partial charge in [-0.2, -0.15) is 0 Å². The van der Waals surface area contributed by atoms with Gasteiger partial charge in [-0.25, -0.2) is 0 Å². The number of ether oxygens (including phenoxy) is 2. The highest BCUT2D eigenvalue weighted by atomic mass is 16.7. The third-order valence-corrected chi connectivity index (χ3v) is 2.45. The molecule has 5 heteroatoms. The molecule has 1 rings (SSSR count). The lowest BCUT2D eigenvalue weighted by molar-refractivity contribution is -0.141. The molecule has 0 amide bonds. The van der Waals surface area contributed by atoms with Gasteiger partial charge in [-0.05, 0) is 19.8 Å². The summed E-state index contributed by atoms with van der Waals surface area (Å²) in [5.41, 5.74) is 1.02. The van der Waals surface area contributed by atoms with Gasteiger partial charge in [0.25, 0.3) is 0 Å². The van der Waals surface area contributed by atoms with Gasteiger partial charge < -0.3 is 9.47 Å². The summed E-state index contributed by atoms with van der Waals surface area (Å²) in [4.78, 5) is 0. The van der Waals surface area contributed by atoms with Crippen LogP contribution in [0.2, 0.25) is 0 Å². The first-order valence-corrected chi connectivity index (χ1v) is 6.30. The van der Waals surface area contributed by atoms with E-state index >= 15 is 0 Å². The van der Waals surface area contributed by atoms with Gasteiger partial charge in [0, 0.05) is 32.4 Å². The fraction of sp³-hybridized carbons (Fsp3) is 0.833. The number of aromatic nitrogens is 3. The Hall–Kier alpha value is -0.940. The number of hydrogen-bond donors (Lipinski definition) is 0. The summed E-state index contributed by atoms with van der Waals surface area (Å²) in [5, 5.41) is 8.20. The average Bonchev–Trinajstić information content (AvgIpc) is 2.75. The van der Waals surface area contributed by atoms with Crippen LogP contribution < -0.4 is 0 Å². The number of hydrogen-bond acceptors (Lipinski definition) is 4. The van der Waals surface area contributed by atoms with Crippen molar-refractivity contribution in [3.63, 3.8) is 0 Å². The van der Waals surface area contributed by atoms with E-state index in [2.05, 4.69) is 24.2 Å². The van der Waals surface area contributed by atoms with Crippen molar-refractivity contribution in [3.05, 3.63) is 11.9 Å². The summed E-state index contributed by atoms with van der Waals surface area (Å²) in [6.07, 6.45) is 2.64. The highest BCUT2D eigenvalue weighted by Gasteiger charge is 2.10. The normalized spacial score (nSPS) is 11.6. The van der Waals surface area contributed by atoms with Gasteiger partial charge in [0.1, 0.15) is 0 Å². The minimum absolute atomic E-state index is 0.142. The summed E-state index contributed by atoms with van der Waals surface area (Å²) >= 11 is 0. The Morgan fingerprint density at radius 1 is 1.24 bits per heavy atom. The maximum absolute atomic E-state index is 5.47. The van der Waals surface area contributed by atoms with Gasteiger partial charge in [-0.3, -0.25) is 4.68 Å². The molecule has 1 heterocycles. The van der Waals surface area contributed by atoms with Crippen molar-refractivity contribution in [2.24, 2.45) is 0 Å². The van der Waals surface area contributed by atoms with E-state index in [-0.39, 0.29) is 6.29 Å². The summed E-state index contributed by atoms with van der Waals surface area (Å²) < 4.78 is 12.8. The Kier molecular flexibility index (Phi) is 6.15. The van der Waals surface area contributed by atoms with E-state index in [9.17, 15) is 0 Å². The van der Waals surface area contributed by atoms with Gasteiger partial charge in [0.15, 0.2) is 6.29 Å². The predicted molar refractivity (Wildman–Crippen MR) is 65.8 cm³/mol. The summed E-state index contributed by atoms with van der Waals surface area (Å²) in [6, 6.07) is 0. The fourth-order valence-electron chi connectivity index (χ4n) is 1.51. The maximum atomic E-state index is 5.47. The predicted octanol–water partition coefficient (Wildman–Crippen LogP) is 2.19. The molecule has 1 aromatic heterocycles. The smallest absolute Gasteiger partial charge is 0.159 e. The standard InChI is InChI=1S/C12H23N3O2/c1-5-16-12(17-6-2)7-8-15-9-11(10(3)4)13-14-15/h9-10,12H,5-8H2,1-4H3. The van der Waals surface area contributed by atoms with E-state index in [1.165, 1.54) is 0 Å². The second-order valence-electron chi connectivity index (χ2n) is 4.19. The van der Waals surface area contributed by atoms with Crippen LogP contribution in [0.5, 0.6) is 0 Å². The van der Waals surface area contributed by atoms with Gasteiger partial charge in [-0.1, -0.05) is 19.1 Å². The molecular formula is C12H23N3O2. The zero-order valence-electron chi connectivity index (χ0n) is 11.2. The van der Waals surface area contributed by atoms with Crippen molar-refractivity contribution in [2.45, 2.75) is 52.9 Å². The summed E-state index contributed by atoms with van der Waals surface area (Å²) in [7, 11) is 0. The van der Waals surface area contributed by atoms with E-state index in [1.807, 2.05) is 24.7 Å². The van der Waals surface area contributed by atoms with E-state index in [0.717, 1.165) is 18.7 Å². The van der Waals surface area contributed by atoms with Crippen LogP contribution in [0.15, 0.2) is 6.20 Å². The molecule has 0 N–H and O–H groups in total. The largest absolute Gasteiger partial charge is 0.353 e. The topological polar surface area (TPSA) is 49.2 Å². The van der Waals surface area contributed by atoms with Crippen LogP contribution in [0.25, 0.3) is 0 Å². The van der Waals surface area contributed by atoms with Crippen LogP contribution in [-0.2, 0) is 16.0 Å². The van der Waals surface area contributed by atoms with E-state index in [1.54, 1.807) is 0 Å². The monoisotopic (exact) mass is 241 g/mol. The maximum Gasteiger partial charge on any atom is 0.159 e. The minimum atomic E-state index is -0.142. The Bertz CT molecular complexity index is 306. The highest BCUT2D eigenvalue weighted by molar-refractivity contribution is 4.97. The fourth-order valence-corrected chi connectivity index (χ4v) is 1.51. The lowest BCUT2D eigenvalue weighted by Gasteiger charge is -2.16. The van der Waals surface area contributed by atoms with Gasteiger partial charge in [0.05, 0.1) is 5.69 Å². The third-order valence-electron chi connectivity index (χ3n) is 2.45. The molecule has 0 unspecified atom stereocenters. The molecule has 0 aromatic carbocycles. The molecule has 98 valence electrons. The minimum Gasteiger partial charge on any atom is -0.353 e. The molecule has 0 aliphatic carbocycles. The van der Waals surface area contributed by atoms with Crippen molar-refractivity contribution in [3.8, 4) is 0 Å². The first-order valence-electron chi connectivity index (χ1n) is 6.30. The van der Waals surface area contributed by atoms with Crippen molar-refractivity contribution >= 4 is 0 Å². The number of rotatable bonds is 8. The van der Waals surface area contributed by atoms with E-state index in [4.69, 9.17) is 9.47 Å². The van der Waals surface area contributed by atoms with Gasteiger partial charge in [0.2, 0.25) is 0 Å². The molecule has 0 saturated carbocycles. The zero-order chi connectivity index (χ0) is 12.7. The first kappa shape index (κ1) is 14.1. The molecule has 0 aliphatic rings. The molecule has 0 saturated heterocycles. The average molecular weight is 241 g/mol. The molecule has 0 aliphatic heterocycles. The lowest BCUT2D eigenvalue weighted by atomic mass is 10.2. The third kappa shape index (κ3) is 4.83. The van der Waals surface area contributed by atoms with Crippen LogP contribution >= 0.6 is 0 Å². The zero-order valence-corrected chi connectivity index (χ0v) is 11.2. The quantitative estimate of drug-likeness (QED) is 0.655. The SMILES string of the molecule is CCOC(CCn1cc(C(C)C)nn1)OCC. The molecular weight excluding hydrogens is 218 g/mol. The first-order chi connectivity index (χ1) is 8.17. The Morgan fingerprint density at radius 2 is 1.88 bits per heavy atom. The van der Waals surface area contributed by atoms with Crippen molar-refractivity contribution in [2.75, 3.05) is 13.2 Å². The van der Waals surface area contributed by atoms with Crippen molar-refractivity contribution in [1.29, 1.82) is 0 Å². The molecule has 1 aromatic rings. The number of aryl methyl sites for hydroxylation is 1. The van der Waals surface area contributed by atoms with Crippen LogP contribution in [0.3, 0.4) is 0 Å². The van der Waals surface area contributed by atoms with Crippen LogP contribution in [0, 0.1) is 0 Å². The lowest BCUT2D eigenvalue weighted by Crippen LogP contribution is -2.19. The Labute approximate surface area is 103 Å². The van der Waals surface area contributed by atoms with Gasteiger partial charge >= 0.3 is 0 Å². The Morgan fingerprint density at radius 3 is 2.35 bits per heavy atom. The van der Waals surface area contributed by atoms with Crippen LogP contribution in [0.4, 0.5) is 0 Å². The molecule has 0 atom stereocenters. The molecule has 0 spiro atoms. The van der Waals surface area contributed by atoms with Crippen molar-refractivity contribution in [1.82, 2.24) is 15.0 Å². The molecule has 0 bridgehead atoms. The second-order valence-corrected chi connectivity index (χ2v) is 4.19. The van der Waals surface area contributed by atoms with Crippen molar-refractivity contribution < 1.29 is 9.47 Å². The summed E-state index contributed by atoms with van der Waals surface area (Å²) in [5.74, 6) is 0.415. The molecule has 0 radical (unpaired) electrons. The molecule has 0 fully saturated rings. The van der Waals surface area contributed by atoms with E-state index in [0.29, 0.717) is 19.1 Å². The molecule has 17 heavy (non-hydrogen) atoms. The summed E-state index contributed by atoms with van der Waals surface area (Å²) in [6.45, 7) is 10.3. The Balaban J connectivity index is 2.41.